The van der Waals surface area contributed by atoms with Gasteiger partial charge in [0, 0.05) is 48.2 Å². The number of hydrogen-bond acceptors (Lipinski definition) is 7. The molecule has 0 amide bonds. The Kier molecular flexibility index (Phi) is 8.31. The van der Waals surface area contributed by atoms with E-state index in [-0.39, 0.29) is 17.0 Å². The van der Waals surface area contributed by atoms with Crippen molar-refractivity contribution in [2.45, 2.75) is 32.0 Å². The van der Waals surface area contributed by atoms with Crippen LogP contribution >= 0.6 is 0 Å². The van der Waals surface area contributed by atoms with Crippen LogP contribution < -0.4 is 15.6 Å². The second kappa shape index (κ2) is 11.7. The van der Waals surface area contributed by atoms with Crippen LogP contribution in [0.1, 0.15) is 46.1 Å². The number of fused-ring (bicyclic) bond motifs is 1. The molecular formula is C29H26F3N3O6. The summed E-state index contributed by atoms with van der Waals surface area (Å²) in [5.74, 6) is -2.92. The lowest BCUT2D eigenvalue weighted by atomic mass is 9.95. The van der Waals surface area contributed by atoms with E-state index in [4.69, 9.17) is 14.3 Å². The molecule has 1 aliphatic rings. The van der Waals surface area contributed by atoms with Crippen molar-refractivity contribution in [3.8, 4) is 0 Å². The summed E-state index contributed by atoms with van der Waals surface area (Å²) in [7, 11) is 0. The van der Waals surface area contributed by atoms with Gasteiger partial charge in [-0.25, -0.2) is 9.59 Å². The average molecular weight is 570 g/mol. The van der Waals surface area contributed by atoms with Crippen LogP contribution in [-0.2, 0) is 4.79 Å². The first-order valence-electron chi connectivity index (χ1n) is 12.5. The Morgan fingerprint density at radius 3 is 2.34 bits per heavy atom. The van der Waals surface area contributed by atoms with Crippen LogP contribution in [0.4, 0.5) is 24.7 Å². The summed E-state index contributed by atoms with van der Waals surface area (Å²) in [6.45, 7) is 5.32. The van der Waals surface area contributed by atoms with Gasteiger partial charge in [-0.3, -0.25) is 9.78 Å². The molecule has 41 heavy (non-hydrogen) atoms. The highest BCUT2D eigenvalue weighted by Crippen LogP contribution is 2.34. The maximum absolute atomic E-state index is 13.0. The zero-order valence-corrected chi connectivity index (χ0v) is 22.0. The molecule has 3 N–H and O–H groups in total. The van der Waals surface area contributed by atoms with Crippen molar-refractivity contribution in [3.63, 3.8) is 0 Å². The Labute approximate surface area is 231 Å². The number of carboxylic acids is 2. The van der Waals surface area contributed by atoms with Gasteiger partial charge in [-0.1, -0.05) is 24.3 Å². The van der Waals surface area contributed by atoms with Crippen molar-refractivity contribution >= 4 is 34.5 Å². The van der Waals surface area contributed by atoms with Gasteiger partial charge >= 0.3 is 18.1 Å². The molecule has 1 fully saturated rings. The largest absolute Gasteiger partial charge is 0.490 e. The first-order chi connectivity index (χ1) is 19.3. The number of aromatic carboxylic acids is 1. The lowest BCUT2D eigenvalue weighted by Gasteiger charge is -2.39. The molecule has 0 spiro atoms. The normalized spacial score (nSPS) is 14.0. The molecule has 1 unspecified atom stereocenters. The number of aryl methyl sites for hydroxylation is 1. The van der Waals surface area contributed by atoms with E-state index in [2.05, 4.69) is 10.3 Å². The molecule has 5 rings (SSSR count). The van der Waals surface area contributed by atoms with Gasteiger partial charge in [-0.15, -0.1) is 0 Å². The minimum absolute atomic E-state index is 0.0966. The molecule has 1 aliphatic heterocycles. The van der Waals surface area contributed by atoms with Crippen molar-refractivity contribution in [1.82, 2.24) is 4.98 Å². The highest BCUT2D eigenvalue weighted by Gasteiger charge is 2.38. The molecular weight excluding hydrogens is 543 g/mol. The molecule has 0 bridgehead atoms. The molecule has 1 saturated heterocycles. The number of pyridine rings is 1. The van der Waals surface area contributed by atoms with Crippen LogP contribution in [0.25, 0.3) is 11.0 Å². The first-order valence-corrected chi connectivity index (χ1v) is 12.5. The molecule has 12 heteroatoms. The summed E-state index contributed by atoms with van der Waals surface area (Å²) >= 11 is 0. The standard InChI is InChI=1S/C27H25N3O4.C2HF3O2/c1-16-11-20(17(2)29-23-9-4-3-7-19(23)27(32)33)26-21(12-16)24(31)13-25(34-26)30-14-18(15-30)22-8-5-6-10-28-22;3-2(4,5)1(6)7/h3-13,17-18,29H,14-15H2,1-2H3,(H,32,33);(H,6,7). The smallest absolute Gasteiger partial charge is 0.478 e. The number of aromatic nitrogens is 1. The fourth-order valence-corrected chi connectivity index (χ4v) is 4.47. The first kappa shape index (κ1) is 29.1. The number of aliphatic carboxylic acids is 1. The number of anilines is 2. The fraction of sp³-hybridized carbons (Fsp3) is 0.241. The third kappa shape index (κ3) is 6.65. The zero-order chi connectivity index (χ0) is 29.9. The summed E-state index contributed by atoms with van der Waals surface area (Å²) in [4.78, 5) is 40.0. The van der Waals surface area contributed by atoms with Gasteiger partial charge in [0.25, 0.3) is 0 Å². The molecule has 0 radical (unpaired) electrons. The second-order valence-corrected chi connectivity index (χ2v) is 9.56. The number of carbonyl (C=O) groups is 2. The van der Waals surface area contributed by atoms with E-state index >= 15 is 0 Å². The summed E-state index contributed by atoms with van der Waals surface area (Å²) in [5.41, 5.74) is 3.89. The van der Waals surface area contributed by atoms with E-state index in [0.717, 1.165) is 29.9 Å². The maximum atomic E-state index is 13.0. The number of benzene rings is 2. The number of alkyl halides is 3. The monoisotopic (exact) mass is 569 g/mol. The predicted molar refractivity (Wildman–Crippen MR) is 146 cm³/mol. The molecule has 1 atom stereocenters. The second-order valence-electron chi connectivity index (χ2n) is 9.56. The number of halogens is 3. The Morgan fingerprint density at radius 1 is 1.07 bits per heavy atom. The van der Waals surface area contributed by atoms with E-state index in [1.54, 1.807) is 36.5 Å². The van der Waals surface area contributed by atoms with Crippen molar-refractivity contribution in [3.05, 3.63) is 99.5 Å². The van der Waals surface area contributed by atoms with E-state index < -0.39 is 18.1 Å². The van der Waals surface area contributed by atoms with Gasteiger partial charge in [0.2, 0.25) is 0 Å². The Morgan fingerprint density at radius 2 is 1.73 bits per heavy atom. The molecule has 2 aromatic carbocycles. The minimum atomic E-state index is -5.08. The topological polar surface area (TPSA) is 133 Å². The summed E-state index contributed by atoms with van der Waals surface area (Å²) in [6, 6.07) is 17.7. The van der Waals surface area contributed by atoms with E-state index in [1.807, 2.05) is 49.1 Å². The van der Waals surface area contributed by atoms with Crippen LogP contribution in [0.5, 0.6) is 0 Å². The molecule has 9 nitrogen and oxygen atoms in total. The summed E-state index contributed by atoms with van der Waals surface area (Å²) < 4.78 is 38.0. The number of nitrogens with one attached hydrogen (secondary N) is 1. The molecule has 3 heterocycles. The van der Waals surface area contributed by atoms with Gasteiger partial charge in [0.05, 0.1) is 17.0 Å². The van der Waals surface area contributed by atoms with Crippen LogP contribution in [0.2, 0.25) is 0 Å². The summed E-state index contributed by atoms with van der Waals surface area (Å²) in [6.07, 6.45) is -3.29. The minimum Gasteiger partial charge on any atom is -0.478 e. The lowest BCUT2D eigenvalue weighted by molar-refractivity contribution is -0.192. The quantitative estimate of drug-likeness (QED) is 0.271. The Balaban J connectivity index is 0.000000493. The van der Waals surface area contributed by atoms with Crippen LogP contribution in [0.3, 0.4) is 0 Å². The fourth-order valence-electron chi connectivity index (χ4n) is 4.47. The predicted octanol–water partition coefficient (Wildman–Crippen LogP) is 5.60. The van der Waals surface area contributed by atoms with Crippen molar-refractivity contribution in [2.24, 2.45) is 0 Å². The van der Waals surface area contributed by atoms with Crippen molar-refractivity contribution in [1.29, 1.82) is 0 Å². The third-order valence-corrected chi connectivity index (χ3v) is 6.53. The number of hydrogen-bond donors (Lipinski definition) is 3. The van der Waals surface area contributed by atoms with Gasteiger partial charge in [0.1, 0.15) is 5.58 Å². The number of para-hydroxylation sites is 1. The zero-order valence-electron chi connectivity index (χ0n) is 22.0. The third-order valence-electron chi connectivity index (χ3n) is 6.53. The van der Waals surface area contributed by atoms with Gasteiger partial charge < -0.3 is 24.8 Å². The van der Waals surface area contributed by atoms with Crippen LogP contribution in [0.15, 0.2) is 76.1 Å². The molecule has 214 valence electrons. The maximum Gasteiger partial charge on any atom is 0.490 e. The Hall–Kier alpha value is -4.87. The Bertz CT molecular complexity index is 1630. The lowest BCUT2D eigenvalue weighted by Crippen LogP contribution is -2.45. The highest BCUT2D eigenvalue weighted by atomic mass is 19.4. The van der Waals surface area contributed by atoms with Gasteiger partial charge in [-0.2, -0.15) is 13.2 Å². The molecule has 4 aromatic rings. The van der Waals surface area contributed by atoms with E-state index in [1.165, 1.54) is 0 Å². The van der Waals surface area contributed by atoms with Gasteiger partial charge in [-0.05, 0) is 49.7 Å². The van der Waals surface area contributed by atoms with Crippen LogP contribution in [-0.4, -0.2) is 46.4 Å². The summed E-state index contributed by atoms with van der Waals surface area (Å²) in [5, 5.41) is 20.5. The van der Waals surface area contributed by atoms with E-state index in [0.29, 0.717) is 28.5 Å². The molecule has 0 aliphatic carbocycles. The highest BCUT2D eigenvalue weighted by molar-refractivity contribution is 5.94. The van der Waals surface area contributed by atoms with Crippen molar-refractivity contribution in [2.75, 3.05) is 23.3 Å². The van der Waals surface area contributed by atoms with Crippen molar-refractivity contribution < 1.29 is 37.4 Å². The van der Waals surface area contributed by atoms with Gasteiger partial charge in [0.15, 0.2) is 11.3 Å². The number of nitrogens with zero attached hydrogens (tertiary/aromatic N) is 2. The molecule has 0 saturated carbocycles. The number of carboxylic acid groups (broad SMARTS) is 2. The molecule has 2 aromatic heterocycles. The number of rotatable bonds is 6. The van der Waals surface area contributed by atoms with E-state index in [9.17, 15) is 27.9 Å². The SMILES string of the molecule is Cc1cc(C(C)Nc2ccccc2C(=O)O)c2oc(N3CC(c4ccccn4)C3)cc(=O)c2c1.O=C(O)C(F)(F)F. The van der Waals surface area contributed by atoms with Crippen LogP contribution in [0, 0.1) is 6.92 Å². The average Bonchev–Trinajstić information content (AvgIpc) is 2.88.